The van der Waals surface area contributed by atoms with Gasteiger partial charge in [0.05, 0.1) is 6.04 Å². The number of hydrazine groups is 1. The molecule has 3 N–H and O–H groups in total. The molecule has 0 saturated carbocycles. The SMILES string of the molecule is CCc1cccc(C(CSCC(C)C)NN)c1. The molecule has 1 aromatic rings. The molecule has 0 radical (unpaired) electrons. The molecular weight excluding hydrogens is 228 g/mol. The van der Waals surface area contributed by atoms with E-state index in [1.54, 1.807) is 0 Å². The van der Waals surface area contributed by atoms with Crippen molar-refractivity contribution in [3.05, 3.63) is 35.4 Å². The normalized spacial score (nSPS) is 13.0. The highest BCUT2D eigenvalue weighted by Crippen LogP contribution is 2.20. The molecule has 0 saturated heterocycles. The molecule has 1 aromatic carbocycles. The van der Waals surface area contributed by atoms with E-state index >= 15 is 0 Å². The van der Waals surface area contributed by atoms with E-state index in [1.807, 2.05) is 11.8 Å². The van der Waals surface area contributed by atoms with E-state index in [1.165, 1.54) is 16.9 Å². The van der Waals surface area contributed by atoms with Crippen molar-refractivity contribution in [2.75, 3.05) is 11.5 Å². The number of benzene rings is 1. The molecule has 1 rings (SSSR count). The fourth-order valence-corrected chi connectivity index (χ4v) is 2.82. The van der Waals surface area contributed by atoms with Crippen molar-refractivity contribution >= 4 is 11.8 Å². The van der Waals surface area contributed by atoms with Gasteiger partial charge in [0.1, 0.15) is 0 Å². The van der Waals surface area contributed by atoms with Crippen molar-refractivity contribution in [1.82, 2.24) is 5.43 Å². The summed E-state index contributed by atoms with van der Waals surface area (Å²) in [6.07, 6.45) is 1.07. The Morgan fingerprint density at radius 3 is 2.65 bits per heavy atom. The zero-order chi connectivity index (χ0) is 12.7. The number of hydrogen-bond acceptors (Lipinski definition) is 3. The Kier molecular flexibility index (Phi) is 6.63. The van der Waals surface area contributed by atoms with Crippen LogP contribution in [-0.2, 0) is 6.42 Å². The first-order valence-corrected chi connectivity index (χ1v) is 7.45. The van der Waals surface area contributed by atoms with Gasteiger partial charge in [0, 0.05) is 5.75 Å². The third-order valence-electron chi connectivity index (χ3n) is 2.70. The molecule has 0 spiro atoms. The second-order valence-electron chi connectivity index (χ2n) is 4.75. The van der Waals surface area contributed by atoms with Crippen molar-refractivity contribution in [3.63, 3.8) is 0 Å². The molecule has 1 unspecified atom stereocenters. The lowest BCUT2D eigenvalue weighted by molar-refractivity contribution is 0.609. The van der Waals surface area contributed by atoms with E-state index in [-0.39, 0.29) is 6.04 Å². The van der Waals surface area contributed by atoms with Crippen LogP contribution in [0.25, 0.3) is 0 Å². The van der Waals surface area contributed by atoms with Crippen LogP contribution in [0.4, 0.5) is 0 Å². The van der Waals surface area contributed by atoms with E-state index in [9.17, 15) is 0 Å². The summed E-state index contributed by atoms with van der Waals surface area (Å²) in [5, 5.41) is 0. The number of hydrogen-bond donors (Lipinski definition) is 2. The standard InChI is InChI=1S/C14H24N2S/c1-4-12-6-5-7-13(8-12)14(16-15)10-17-9-11(2)3/h5-8,11,14,16H,4,9-10,15H2,1-3H3. The van der Waals surface area contributed by atoms with Gasteiger partial charge in [-0.2, -0.15) is 11.8 Å². The van der Waals surface area contributed by atoms with Gasteiger partial charge in [-0.1, -0.05) is 45.0 Å². The minimum absolute atomic E-state index is 0.255. The molecular formula is C14H24N2S. The molecule has 0 amide bonds. The van der Waals surface area contributed by atoms with Gasteiger partial charge in [-0.3, -0.25) is 11.3 Å². The van der Waals surface area contributed by atoms with Gasteiger partial charge in [0.25, 0.3) is 0 Å². The number of aryl methyl sites for hydroxylation is 1. The lowest BCUT2D eigenvalue weighted by Gasteiger charge is -2.17. The molecule has 17 heavy (non-hydrogen) atoms. The highest BCUT2D eigenvalue weighted by Gasteiger charge is 2.10. The summed E-state index contributed by atoms with van der Waals surface area (Å²) in [5.41, 5.74) is 5.59. The maximum Gasteiger partial charge on any atom is 0.0550 e. The van der Waals surface area contributed by atoms with Gasteiger partial charge in [-0.15, -0.1) is 0 Å². The monoisotopic (exact) mass is 252 g/mol. The first-order chi connectivity index (χ1) is 8.17. The molecule has 0 aliphatic carbocycles. The minimum atomic E-state index is 0.255. The molecule has 2 nitrogen and oxygen atoms in total. The molecule has 0 heterocycles. The van der Waals surface area contributed by atoms with Crippen LogP contribution in [0.15, 0.2) is 24.3 Å². The predicted molar refractivity (Wildman–Crippen MR) is 78.0 cm³/mol. The van der Waals surface area contributed by atoms with E-state index in [2.05, 4.69) is 50.5 Å². The van der Waals surface area contributed by atoms with Crippen LogP contribution >= 0.6 is 11.8 Å². The van der Waals surface area contributed by atoms with Gasteiger partial charge in [0.2, 0.25) is 0 Å². The average Bonchev–Trinajstić information content (AvgIpc) is 2.34. The average molecular weight is 252 g/mol. The van der Waals surface area contributed by atoms with Crippen LogP contribution in [0.3, 0.4) is 0 Å². The van der Waals surface area contributed by atoms with Crippen LogP contribution in [0.1, 0.15) is 37.9 Å². The summed E-state index contributed by atoms with van der Waals surface area (Å²) in [6.45, 7) is 6.67. The van der Waals surface area contributed by atoms with Gasteiger partial charge >= 0.3 is 0 Å². The smallest absolute Gasteiger partial charge is 0.0550 e. The van der Waals surface area contributed by atoms with E-state index < -0.39 is 0 Å². The van der Waals surface area contributed by atoms with Crippen LogP contribution in [0, 0.1) is 5.92 Å². The molecule has 3 heteroatoms. The summed E-state index contributed by atoms with van der Waals surface area (Å²) >= 11 is 1.96. The van der Waals surface area contributed by atoms with Crippen LogP contribution in [0.2, 0.25) is 0 Å². The Morgan fingerprint density at radius 2 is 2.06 bits per heavy atom. The zero-order valence-corrected chi connectivity index (χ0v) is 11.9. The Morgan fingerprint density at radius 1 is 1.29 bits per heavy atom. The molecule has 0 aromatic heterocycles. The van der Waals surface area contributed by atoms with Crippen molar-refractivity contribution < 1.29 is 0 Å². The van der Waals surface area contributed by atoms with E-state index in [0.29, 0.717) is 0 Å². The Bertz CT molecular complexity index is 326. The summed E-state index contributed by atoms with van der Waals surface area (Å²) < 4.78 is 0. The zero-order valence-electron chi connectivity index (χ0n) is 11.1. The highest BCUT2D eigenvalue weighted by molar-refractivity contribution is 7.99. The van der Waals surface area contributed by atoms with Gasteiger partial charge in [-0.25, -0.2) is 0 Å². The number of nitrogens with one attached hydrogen (secondary N) is 1. The maximum absolute atomic E-state index is 5.65. The van der Waals surface area contributed by atoms with Crippen molar-refractivity contribution in [2.24, 2.45) is 11.8 Å². The predicted octanol–water partition coefficient (Wildman–Crippen LogP) is 3.14. The van der Waals surface area contributed by atoms with Gasteiger partial charge in [0.15, 0.2) is 0 Å². The van der Waals surface area contributed by atoms with Crippen LogP contribution in [0.5, 0.6) is 0 Å². The van der Waals surface area contributed by atoms with Gasteiger partial charge < -0.3 is 0 Å². The summed E-state index contributed by atoms with van der Waals surface area (Å²) in [4.78, 5) is 0. The van der Waals surface area contributed by atoms with E-state index in [0.717, 1.165) is 18.1 Å². The highest BCUT2D eigenvalue weighted by atomic mass is 32.2. The second-order valence-corrected chi connectivity index (χ2v) is 5.82. The molecule has 0 aliphatic heterocycles. The first kappa shape index (κ1) is 14.6. The third-order valence-corrected chi connectivity index (χ3v) is 4.17. The lowest BCUT2D eigenvalue weighted by atomic mass is 10.0. The topological polar surface area (TPSA) is 38.0 Å². The summed E-state index contributed by atoms with van der Waals surface area (Å²) in [5.74, 6) is 8.60. The number of nitrogens with two attached hydrogens (primary N) is 1. The van der Waals surface area contributed by atoms with Crippen molar-refractivity contribution in [1.29, 1.82) is 0 Å². The Hall–Kier alpha value is -0.510. The second kappa shape index (κ2) is 7.75. The number of rotatable bonds is 7. The molecule has 0 aliphatic rings. The molecule has 1 atom stereocenters. The largest absolute Gasteiger partial charge is 0.271 e. The lowest BCUT2D eigenvalue weighted by Crippen LogP contribution is -2.30. The van der Waals surface area contributed by atoms with E-state index in [4.69, 9.17) is 5.84 Å². The Balaban J connectivity index is 2.59. The van der Waals surface area contributed by atoms with Gasteiger partial charge in [-0.05, 0) is 29.2 Å². The van der Waals surface area contributed by atoms with Crippen LogP contribution in [-0.4, -0.2) is 11.5 Å². The fraction of sp³-hybridized carbons (Fsp3) is 0.571. The van der Waals surface area contributed by atoms with Crippen molar-refractivity contribution in [2.45, 2.75) is 33.2 Å². The quantitative estimate of drug-likeness (QED) is 0.578. The molecule has 96 valence electrons. The van der Waals surface area contributed by atoms with Crippen molar-refractivity contribution in [3.8, 4) is 0 Å². The summed E-state index contributed by atoms with van der Waals surface area (Å²) in [7, 11) is 0. The first-order valence-electron chi connectivity index (χ1n) is 6.30. The number of thioether (sulfide) groups is 1. The van der Waals surface area contributed by atoms with Crippen LogP contribution < -0.4 is 11.3 Å². The molecule has 0 bridgehead atoms. The minimum Gasteiger partial charge on any atom is -0.271 e. The Labute approximate surface area is 109 Å². The maximum atomic E-state index is 5.65. The molecule has 0 fully saturated rings. The fourth-order valence-electron chi connectivity index (χ4n) is 1.69. The third kappa shape index (κ3) is 5.11. The summed E-state index contributed by atoms with van der Waals surface area (Å²) in [6, 6.07) is 8.94.